The predicted molar refractivity (Wildman–Crippen MR) is 70.4 cm³/mol. The summed E-state index contributed by atoms with van der Waals surface area (Å²) >= 11 is 0. The summed E-state index contributed by atoms with van der Waals surface area (Å²) in [6, 6.07) is 0.592. The van der Waals surface area contributed by atoms with Crippen molar-refractivity contribution in [2.45, 2.75) is 40.2 Å². The van der Waals surface area contributed by atoms with Crippen LogP contribution in [0.1, 0.15) is 34.1 Å². The molecule has 1 atom stereocenters. The van der Waals surface area contributed by atoms with Gasteiger partial charge >= 0.3 is 0 Å². The molecule has 0 aliphatic rings. The topological polar surface area (TPSA) is 36.1 Å². The molecule has 94 valence electrons. The Kier molecular flexibility index (Phi) is 16.0. The van der Waals surface area contributed by atoms with Gasteiger partial charge in [0, 0.05) is 12.6 Å². The van der Waals surface area contributed by atoms with Gasteiger partial charge in [-0.3, -0.25) is 0 Å². The number of hydrogen-bond acceptors (Lipinski definition) is 3. The lowest BCUT2D eigenvalue weighted by atomic mass is 10.1. The fourth-order valence-electron chi connectivity index (χ4n) is 1.32. The van der Waals surface area contributed by atoms with Crippen LogP contribution in [0.15, 0.2) is 0 Å². The van der Waals surface area contributed by atoms with Gasteiger partial charge in [-0.25, -0.2) is 0 Å². The van der Waals surface area contributed by atoms with Crippen LogP contribution in [0.2, 0.25) is 0 Å². The quantitative estimate of drug-likeness (QED) is 0.539. The Balaban J connectivity index is 0. The Morgan fingerprint density at radius 2 is 1.60 bits per heavy atom. The van der Waals surface area contributed by atoms with Gasteiger partial charge in [0.25, 0.3) is 0 Å². The van der Waals surface area contributed by atoms with E-state index in [1.54, 1.807) is 0 Å². The van der Waals surface area contributed by atoms with Gasteiger partial charge in [0.15, 0.2) is 0 Å². The predicted octanol–water partition coefficient (Wildman–Crippen LogP) is 1.46. The van der Waals surface area contributed by atoms with Crippen LogP contribution < -0.4 is 16.0 Å². The lowest BCUT2D eigenvalue weighted by Gasteiger charge is -2.20. The number of likely N-dealkylation sites (N-methyl/N-ethyl adjacent to an activating group) is 1. The monoisotopic (exact) mass is 217 g/mol. The van der Waals surface area contributed by atoms with Gasteiger partial charge in [-0.2, -0.15) is 0 Å². The van der Waals surface area contributed by atoms with Gasteiger partial charge < -0.3 is 16.0 Å². The fraction of sp³-hybridized carbons (Fsp3) is 1.00. The third kappa shape index (κ3) is 11.8. The summed E-state index contributed by atoms with van der Waals surface area (Å²) in [7, 11) is 4.02. The first-order chi connectivity index (χ1) is 7.22. The first-order valence-electron chi connectivity index (χ1n) is 6.25. The molecule has 3 nitrogen and oxygen atoms in total. The van der Waals surface area contributed by atoms with E-state index in [2.05, 4.69) is 29.8 Å². The summed E-state index contributed by atoms with van der Waals surface area (Å²) in [6.45, 7) is 11.8. The molecule has 0 saturated carbocycles. The average molecular weight is 217 g/mol. The van der Waals surface area contributed by atoms with Gasteiger partial charge in [-0.1, -0.05) is 27.7 Å². The maximum absolute atomic E-state index is 3.45. The molecule has 15 heavy (non-hydrogen) atoms. The third-order valence-electron chi connectivity index (χ3n) is 2.32. The van der Waals surface area contributed by atoms with E-state index in [1.165, 1.54) is 6.42 Å². The first kappa shape index (κ1) is 17.3. The van der Waals surface area contributed by atoms with Crippen molar-refractivity contribution >= 4 is 0 Å². The fourth-order valence-corrected chi connectivity index (χ4v) is 1.32. The minimum Gasteiger partial charge on any atom is -0.320 e. The van der Waals surface area contributed by atoms with E-state index >= 15 is 0 Å². The maximum atomic E-state index is 3.45. The van der Waals surface area contributed by atoms with Gasteiger partial charge in [-0.15, -0.1) is 0 Å². The van der Waals surface area contributed by atoms with Crippen LogP contribution in [-0.4, -0.2) is 39.8 Å². The van der Waals surface area contributed by atoms with E-state index in [0.717, 1.165) is 19.6 Å². The molecule has 3 heteroatoms. The summed E-state index contributed by atoms with van der Waals surface area (Å²) in [6.07, 6.45) is 1.20. The largest absolute Gasteiger partial charge is 0.320 e. The Bertz CT molecular complexity index is 105. The van der Waals surface area contributed by atoms with Crippen LogP contribution in [0, 0.1) is 5.92 Å². The van der Waals surface area contributed by atoms with E-state index < -0.39 is 0 Å². The summed E-state index contributed by atoms with van der Waals surface area (Å²) in [5.41, 5.74) is 0. The highest BCUT2D eigenvalue weighted by Crippen LogP contribution is 1.98. The van der Waals surface area contributed by atoms with Gasteiger partial charge in [0.05, 0.1) is 0 Å². The second kappa shape index (κ2) is 13.9. The smallest absolute Gasteiger partial charge is 0.0212 e. The zero-order valence-electron chi connectivity index (χ0n) is 11.5. The Hall–Kier alpha value is -0.120. The lowest BCUT2D eigenvalue weighted by molar-refractivity contribution is 0.401. The van der Waals surface area contributed by atoms with E-state index in [-0.39, 0.29) is 0 Å². The van der Waals surface area contributed by atoms with Gasteiger partial charge in [0.2, 0.25) is 0 Å². The van der Waals surface area contributed by atoms with Crippen LogP contribution in [0.25, 0.3) is 0 Å². The Labute approximate surface area is 96.4 Å². The summed E-state index contributed by atoms with van der Waals surface area (Å²) in [4.78, 5) is 0. The molecule has 0 aliphatic carbocycles. The van der Waals surface area contributed by atoms with Crippen molar-refractivity contribution in [3.8, 4) is 0 Å². The molecule has 0 heterocycles. The molecule has 0 amide bonds. The van der Waals surface area contributed by atoms with E-state index in [9.17, 15) is 0 Å². The average Bonchev–Trinajstić information content (AvgIpc) is 2.26. The molecular formula is C12H31N3. The van der Waals surface area contributed by atoms with E-state index in [0.29, 0.717) is 12.0 Å². The van der Waals surface area contributed by atoms with Crippen molar-refractivity contribution in [3.05, 3.63) is 0 Å². The van der Waals surface area contributed by atoms with Crippen LogP contribution >= 0.6 is 0 Å². The highest BCUT2D eigenvalue weighted by Gasteiger charge is 2.08. The van der Waals surface area contributed by atoms with Gasteiger partial charge in [-0.05, 0) is 39.5 Å². The van der Waals surface area contributed by atoms with Crippen LogP contribution in [0.4, 0.5) is 0 Å². The molecule has 0 aromatic carbocycles. The van der Waals surface area contributed by atoms with Crippen LogP contribution in [-0.2, 0) is 0 Å². The third-order valence-corrected chi connectivity index (χ3v) is 2.32. The van der Waals surface area contributed by atoms with E-state index in [1.807, 2.05) is 27.9 Å². The molecular weight excluding hydrogens is 186 g/mol. The molecule has 0 saturated heterocycles. The molecule has 0 aliphatic heterocycles. The Morgan fingerprint density at radius 3 is 2.00 bits per heavy atom. The molecule has 0 rings (SSSR count). The Morgan fingerprint density at radius 1 is 1.00 bits per heavy atom. The number of rotatable bonds is 8. The normalized spacial score (nSPS) is 12.2. The second-order valence-corrected chi connectivity index (χ2v) is 3.80. The van der Waals surface area contributed by atoms with Crippen molar-refractivity contribution in [1.82, 2.24) is 16.0 Å². The summed E-state index contributed by atoms with van der Waals surface area (Å²) in [5.74, 6) is 0.696. The SMILES string of the molecule is CC.CNCCCNCC(NC)C(C)C. The number of nitrogens with one attached hydrogen (secondary N) is 3. The van der Waals surface area contributed by atoms with Crippen molar-refractivity contribution < 1.29 is 0 Å². The molecule has 0 aromatic heterocycles. The second-order valence-electron chi connectivity index (χ2n) is 3.80. The lowest BCUT2D eigenvalue weighted by Crippen LogP contribution is -2.40. The van der Waals surface area contributed by atoms with Crippen LogP contribution in [0.5, 0.6) is 0 Å². The summed E-state index contributed by atoms with van der Waals surface area (Å²) < 4.78 is 0. The van der Waals surface area contributed by atoms with Crippen LogP contribution in [0.3, 0.4) is 0 Å². The van der Waals surface area contributed by atoms with Crippen molar-refractivity contribution in [2.75, 3.05) is 33.7 Å². The molecule has 0 bridgehead atoms. The summed E-state index contributed by atoms with van der Waals surface area (Å²) in [5, 5.41) is 9.90. The highest BCUT2D eigenvalue weighted by molar-refractivity contribution is 4.70. The molecule has 0 fully saturated rings. The molecule has 0 radical (unpaired) electrons. The molecule has 0 spiro atoms. The molecule has 3 N–H and O–H groups in total. The van der Waals surface area contributed by atoms with E-state index in [4.69, 9.17) is 0 Å². The zero-order valence-corrected chi connectivity index (χ0v) is 11.5. The maximum Gasteiger partial charge on any atom is 0.0212 e. The minimum atomic E-state index is 0.592. The number of hydrogen-bond donors (Lipinski definition) is 3. The molecule has 0 aromatic rings. The highest BCUT2D eigenvalue weighted by atomic mass is 15.0. The zero-order chi connectivity index (χ0) is 12.1. The standard InChI is InChI=1S/C10H25N3.C2H6/c1-9(2)10(12-4)8-13-7-5-6-11-3;1-2/h9-13H,5-8H2,1-4H3;1-2H3. The van der Waals surface area contributed by atoms with Crippen molar-refractivity contribution in [2.24, 2.45) is 5.92 Å². The molecule has 1 unspecified atom stereocenters. The van der Waals surface area contributed by atoms with Crippen molar-refractivity contribution in [1.29, 1.82) is 0 Å². The van der Waals surface area contributed by atoms with Gasteiger partial charge in [0.1, 0.15) is 0 Å². The minimum absolute atomic E-state index is 0.592. The first-order valence-corrected chi connectivity index (χ1v) is 6.25. The van der Waals surface area contributed by atoms with Crippen molar-refractivity contribution in [3.63, 3.8) is 0 Å².